The first-order valence-electron chi connectivity index (χ1n) is 45.9. The van der Waals surface area contributed by atoms with Gasteiger partial charge in [0.2, 0.25) is 0 Å². The fraction of sp³-hybridized carbons (Fsp3) is 0.180. The van der Waals surface area contributed by atoms with Gasteiger partial charge in [-0.05, 0) is 362 Å². The molecule has 0 spiro atoms. The van der Waals surface area contributed by atoms with Crippen molar-refractivity contribution in [3.63, 3.8) is 0 Å². The van der Waals surface area contributed by atoms with Crippen LogP contribution in [0.1, 0.15) is 154 Å². The summed E-state index contributed by atoms with van der Waals surface area (Å²) in [6, 6.07) is 125. The molecule has 0 radical (unpaired) electrons. The van der Waals surface area contributed by atoms with E-state index in [-0.39, 0.29) is 32.5 Å². The molecule has 0 fully saturated rings. The van der Waals surface area contributed by atoms with Crippen molar-refractivity contribution in [1.29, 1.82) is 0 Å². The molecule has 4 heterocycles. The van der Waals surface area contributed by atoms with Gasteiger partial charge in [0.15, 0.2) is 23.0 Å². The van der Waals surface area contributed by atoms with Gasteiger partial charge in [0, 0.05) is 87.3 Å². The second-order valence-corrected chi connectivity index (χ2v) is 42.7. The Morgan fingerprint density at radius 2 is 0.631 bits per heavy atom. The molecule has 2 aliphatic heterocycles. The lowest BCUT2D eigenvalue weighted by molar-refractivity contribution is 0.473. The number of fused-ring (bicyclic) bond motifs is 20. The number of rotatable bonds is 11. The van der Waals surface area contributed by atoms with Crippen molar-refractivity contribution in [3.05, 3.63) is 384 Å². The van der Waals surface area contributed by atoms with E-state index in [2.05, 4.69) is 433 Å². The molecule has 0 unspecified atom stereocenters. The number of furan rings is 1. The number of nitrogens with zero attached hydrogens (tertiary/aromatic N) is 4. The van der Waals surface area contributed by atoms with Crippen molar-refractivity contribution < 1.29 is 13.9 Å². The van der Waals surface area contributed by atoms with Crippen molar-refractivity contribution >= 4 is 165 Å². The molecule has 8 heteroatoms. The van der Waals surface area contributed by atoms with Crippen LogP contribution in [0.15, 0.2) is 338 Å². The van der Waals surface area contributed by atoms with Crippen LogP contribution in [0.2, 0.25) is 0 Å². The van der Waals surface area contributed by atoms with Gasteiger partial charge in [-0.2, -0.15) is 0 Å². The number of anilines is 12. The van der Waals surface area contributed by atoms with Crippen LogP contribution in [-0.2, 0) is 38.9 Å². The van der Waals surface area contributed by atoms with E-state index in [0.29, 0.717) is 0 Å². The van der Waals surface area contributed by atoms with Gasteiger partial charge in [-0.25, -0.2) is 0 Å². The highest BCUT2D eigenvalue weighted by atomic mass is 32.1. The highest BCUT2D eigenvalue weighted by Gasteiger charge is 2.40. The van der Waals surface area contributed by atoms with Gasteiger partial charge >= 0.3 is 0 Å². The summed E-state index contributed by atoms with van der Waals surface area (Å²) in [5.41, 5.74) is 31.1. The zero-order valence-corrected chi connectivity index (χ0v) is 77.2. The molecule has 0 saturated heterocycles. The monoisotopic (exact) mass is 1700 g/mol. The van der Waals surface area contributed by atoms with Crippen molar-refractivity contribution in [1.82, 2.24) is 0 Å². The maximum absolute atomic E-state index is 6.97. The number of ether oxygens (including phenoxy) is 2. The average Bonchev–Trinajstić information content (AvgIpc) is 1.55. The predicted octanol–water partition coefficient (Wildman–Crippen LogP) is 35.7. The zero-order valence-electron chi connectivity index (χ0n) is 76.4. The van der Waals surface area contributed by atoms with Gasteiger partial charge in [0.25, 0.3) is 0 Å². The molecule has 2 aromatic heterocycles. The fourth-order valence-electron chi connectivity index (χ4n) is 21.6. The summed E-state index contributed by atoms with van der Waals surface area (Å²) in [7, 11) is 0. The van der Waals surface area contributed by atoms with Gasteiger partial charge in [-0.15, -0.1) is 11.3 Å². The number of thiophene rings is 1. The first-order valence-corrected chi connectivity index (χ1v) is 46.7. The van der Waals surface area contributed by atoms with Gasteiger partial charge in [0.1, 0.15) is 11.2 Å². The van der Waals surface area contributed by atoms with Crippen molar-refractivity contribution in [3.8, 4) is 45.3 Å². The van der Waals surface area contributed by atoms with Crippen LogP contribution >= 0.6 is 11.3 Å². The van der Waals surface area contributed by atoms with Crippen LogP contribution in [-0.4, -0.2) is 0 Å². The third-order valence-corrected chi connectivity index (χ3v) is 30.0. The Hall–Kier alpha value is -14.2. The van der Waals surface area contributed by atoms with Crippen LogP contribution in [0, 0.1) is 0 Å². The SMILES string of the molecule is CC(C)(C)c1ccc(N(c2ccc(C(C)(C)C)cc2)c2ccc3cc4c(cc3c2)C(C)(C)c2cc3sc5cc6cc(N(c7ccc(C(C)(C)C)cc7)c7ccc(C(C)(C)Cc8ccc9c(c8)Oc8ccccc8N9c8ccc9cc%10c(cc9c8)oc8cc9c(cc8%10)-c8cc%10ccc(N%11c%12ccccc%12Oc%12ccccc%12%11)cc%10cc8C9(C)C)cc7)ccc6cc5c3cc2-4)cc1. The van der Waals surface area contributed by atoms with Crippen LogP contribution in [0.25, 0.3) is 107 Å². The van der Waals surface area contributed by atoms with Gasteiger partial charge < -0.3 is 33.5 Å². The lowest BCUT2D eigenvalue weighted by atomic mass is 9.79. The maximum Gasteiger partial charge on any atom is 0.151 e. The quantitative estimate of drug-likeness (QED) is 0.128. The Kier molecular flexibility index (Phi) is 17.3. The Labute approximate surface area is 764 Å². The molecule has 634 valence electrons. The molecule has 24 rings (SSSR count). The molecule has 18 aromatic carbocycles. The summed E-state index contributed by atoms with van der Waals surface area (Å²) < 4.78 is 22.9. The fourth-order valence-corrected chi connectivity index (χ4v) is 22.7. The van der Waals surface area contributed by atoms with E-state index >= 15 is 0 Å². The summed E-state index contributed by atoms with van der Waals surface area (Å²) in [5, 5.41) is 14.4. The second kappa shape index (κ2) is 28.4. The highest BCUT2D eigenvalue weighted by Crippen LogP contribution is 2.59. The van der Waals surface area contributed by atoms with E-state index in [1.54, 1.807) is 0 Å². The van der Waals surface area contributed by atoms with Crippen molar-refractivity contribution in [2.24, 2.45) is 0 Å². The molecular weight excluding hydrogens is 1600 g/mol. The summed E-state index contributed by atoms with van der Waals surface area (Å²) in [6.45, 7) is 34.9. The molecule has 0 saturated carbocycles. The number of hydrogen-bond acceptors (Lipinski definition) is 8. The minimum atomic E-state index is -0.270. The number of hydrogen-bond donors (Lipinski definition) is 0. The Morgan fingerprint density at radius 1 is 0.277 bits per heavy atom. The van der Waals surface area contributed by atoms with E-state index in [4.69, 9.17) is 13.9 Å². The molecule has 130 heavy (non-hydrogen) atoms. The van der Waals surface area contributed by atoms with E-state index < -0.39 is 0 Å². The smallest absolute Gasteiger partial charge is 0.151 e. The van der Waals surface area contributed by atoms with E-state index in [1.807, 2.05) is 35.6 Å². The highest BCUT2D eigenvalue weighted by molar-refractivity contribution is 7.26. The summed E-state index contributed by atoms with van der Waals surface area (Å²) in [4.78, 5) is 9.54. The van der Waals surface area contributed by atoms with Crippen LogP contribution in [0.5, 0.6) is 23.0 Å². The molecule has 0 bridgehead atoms. The third kappa shape index (κ3) is 12.8. The minimum Gasteiger partial charge on any atom is -0.456 e. The Bertz CT molecular complexity index is 8060. The summed E-state index contributed by atoms with van der Waals surface area (Å²) >= 11 is 1.92. The lowest BCUT2D eigenvalue weighted by Gasteiger charge is -2.34. The zero-order chi connectivity index (χ0) is 88.7. The molecule has 2 aliphatic carbocycles. The topological polar surface area (TPSA) is 44.6 Å². The third-order valence-electron chi connectivity index (χ3n) is 28.9. The predicted molar refractivity (Wildman–Crippen MR) is 550 cm³/mol. The van der Waals surface area contributed by atoms with Crippen molar-refractivity contribution in [2.75, 3.05) is 19.6 Å². The molecule has 20 aromatic rings. The molecule has 4 aliphatic rings. The first-order chi connectivity index (χ1) is 62.4. The molecule has 0 N–H and O–H groups in total. The Balaban J connectivity index is 0.507. The van der Waals surface area contributed by atoms with E-state index in [9.17, 15) is 0 Å². The summed E-state index contributed by atoms with van der Waals surface area (Å²) in [5.74, 6) is 3.34. The summed E-state index contributed by atoms with van der Waals surface area (Å²) in [6.07, 6.45) is 0.796. The minimum absolute atomic E-state index is 0.00526. The second-order valence-electron chi connectivity index (χ2n) is 41.6. The van der Waals surface area contributed by atoms with Gasteiger partial charge in [-0.3, -0.25) is 0 Å². The first kappa shape index (κ1) is 79.2. The van der Waals surface area contributed by atoms with E-state index in [1.165, 1.54) is 125 Å². The maximum atomic E-state index is 6.97. The lowest BCUT2D eigenvalue weighted by Crippen LogP contribution is -2.21. The largest absolute Gasteiger partial charge is 0.456 e. The molecule has 7 nitrogen and oxygen atoms in total. The average molecular weight is 1700 g/mol. The standard InChI is InChI=1S/C122H102N4O3S/c1-117(2,3)81-33-45-85(46-34-81)123(86-47-35-82(36-48-86)118(4,5)6)89-41-29-73-60-94-96-68-100-99-62-76-30-42-90(58-80(76)66-115(99)130-116(100)70-104(96)122(14,15)102(94)63-77(73)55-89)124(87-49-37-83(38-50-87)119(7,8)9)88-51-39-84(40-52-88)120(10,11)71-72-28-53-108-114(54-72)128-111-27-21-18-24-107(111)126(108)92-44-32-75-61-97-98-67-95-93-59-74-31-43-91(125-105-22-16-19-25-109(105)127-110-26-20-17-23-106(110)125)56-78(74)64-101(93)121(12,13)103(95)69-113(98)129-112(97)65-79(75)57-92/h16-70H,71H2,1-15H3. The van der Waals surface area contributed by atoms with Gasteiger partial charge in [0.05, 0.1) is 22.7 Å². The molecule has 0 amide bonds. The number of para-hydroxylation sites is 6. The molecule has 0 atom stereocenters. The van der Waals surface area contributed by atoms with Crippen LogP contribution in [0.3, 0.4) is 0 Å². The van der Waals surface area contributed by atoms with E-state index in [0.717, 1.165) is 130 Å². The normalized spacial score (nSPS) is 14.2. The number of benzene rings is 18. The van der Waals surface area contributed by atoms with Crippen LogP contribution in [0.4, 0.5) is 68.2 Å². The molecular formula is C122H102N4O3S. The Morgan fingerprint density at radius 3 is 1.12 bits per heavy atom. The van der Waals surface area contributed by atoms with Gasteiger partial charge in [-0.1, -0.05) is 219 Å². The van der Waals surface area contributed by atoms with Crippen LogP contribution < -0.4 is 29.1 Å². The van der Waals surface area contributed by atoms with Crippen molar-refractivity contribution in [2.45, 2.75) is 143 Å².